The smallest absolute Gasteiger partial charge is 0.233 e. The Morgan fingerprint density at radius 2 is 2.21 bits per heavy atom. The highest BCUT2D eigenvalue weighted by Gasteiger charge is 2.39. The van der Waals surface area contributed by atoms with Gasteiger partial charge in [0, 0.05) is 24.0 Å². The van der Waals surface area contributed by atoms with Crippen molar-refractivity contribution in [3.63, 3.8) is 0 Å². The van der Waals surface area contributed by atoms with E-state index < -0.39 is 0 Å². The molecule has 1 fully saturated rings. The molecule has 1 aromatic rings. The second-order valence-electron chi connectivity index (χ2n) is 5.62. The molecular weight excluding hydrogens is 240 g/mol. The topological polar surface area (TPSA) is 55.6 Å². The van der Waals surface area contributed by atoms with Crippen molar-refractivity contribution in [2.75, 3.05) is 17.2 Å². The standard InChI is InChI=1S/C15H20N2O2/c1-9-7-11-8-12(16)3-4-14(11)17(9)15(18)13-5-6-19-10(13)2/h3-4,8-10,13H,5-7,16H2,1-2H3. The van der Waals surface area contributed by atoms with Gasteiger partial charge in [-0.25, -0.2) is 0 Å². The largest absolute Gasteiger partial charge is 0.399 e. The molecule has 1 saturated heterocycles. The number of hydrogen-bond donors (Lipinski definition) is 1. The Labute approximate surface area is 113 Å². The monoisotopic (exact) mass is 260 g/mol. The number of nitrogens with two attached hydrogens (primary N) is 1. The Kier molecular flexibility index (Phi) is 2.97. The van der Waals surface area contributed by atoms with Crippen molar-refractivity contribution in [3.8, 4) is 0 Å². The number of hydrogen-bond acceptors (Lipinski definition) is 3. The lowest BCUT2D eigenvalue weighted by atomic mass is 10.0. The number of carbonyl (C=O) groups is 1. The number of benzene rings is 1. The van der Waals surface area contributed by atoms with Gasteiger partial charge in [0.2, 0.25) is 5.91 Å². The molecule has 3 rings (SSSR count). The Hall–Kier alpha value is -1.55. The van der Waals surface area contributed by atoms with Gasteiger partial charge in [-0.1, -0.05) is 0 Å². The minimum atomic E-state index is -0.00838. The molecule has 4 nitrogen and oxygen atoms in total. The number of amides is 1. The van der Waals surface area contributed by atoms with Gasteiger partial charge in [0.25, 0.3) is 0 Å². The predicted octanol–water partition coefficient (Wildman–Crippen LogP) is 1.97. The normalized spacial score (nSPS) is 29.6. The number of nitrogens with zero attached hydrogens (tertiary/aromatic N) is 1. The van der Waals surface area contributed by atoms with E-state index in [0.29, 0.717) is 6.61 Å². The summed E-state index contributed by atoms with van der Waals surface area (Å²) in [7, 11) is 0. The molecule has 19 heavy (non-hydrogen) atoms. The van der Waals surface area contributed by atoms with Crippen molar-refractivity contribution in [1.82, 2.24) is 0 Å². The summed E-state index contributed by atoms with van der Waals surface area (Å²) in [5.41, 5.74) is 8.77. The van der Waals surface area contributed by atoms with Crippen LogP contribution in [0.15, 0.2) is 18.2 Å². The molecule has 2 aliphatic heterocycles. The van der Waals surface area contributed by atoms with E-state index in [1.54, 1.807) is 0 Å². The molecule has 0 bridgehead atoms. The molecule has 0 spiro atoms. The first-order chi connectivity index (χ1) is 9.08. The van der Waals surface area contributed by atoms with E-state index in [1.165, 1.54) is 5.56 Å². The number of anilines is 2. The molecule has 0 aliphatic carbocycles. The quantitative estimate of drug-likeness (QED) is 0.785. The number of nitrogen functional groups attached to an aromatic ring is 1. The minimum absolute atomic E-state index is 0.00838. The number of fused-ring (bicyclic) bond motifs is 1. The van der Waals surface area contributed by atoms with Crippen LogP contribution in [0.4, 0.5) is 11.4 Å². The average molecular weight is 260 g/mol. The van der Waals surface area contributed by atoms with Crippen LogP contribution in [0.1, 0.15) is 25.8 Å². The number of rotatable bonds is 1. The first kappa shape index (κ1) is 12.5. The van der Waals surface area contributed by atoms with Crippen LogP contribution < -0.4 is 10.6 Å². The molecule has 3 unspecified atom stereocenters. The van der Waals surface area contributed by atoms with Gasteiger partial charge < -0.3 is 15.4 Å². The highest BCUT2D eigenvalue weighted by Crippen LogP contribution is 2.36. The van der Waals surface area contributed by atoms with Crippen LogP contribution in [0.5, 0.6) is 0 Å². The molecule has 2 N–H and O–H groups in total. The van der Waals surface area contributed by atoms with E-state index in [2.05, 4.69) is 6.92 Å². The lowest BCUT2D eigenvalue weighted by Gasteiger charge is -2.27. The Bertz CT molecular complexity index is 515. The molecular formula is C15H20N2O2. The highest BCUT2D eigenvalue weighted by molar-refractivity contribution is 5.98. The van der Waals surface area contributed by atoms with Crippen molar-refractivity contribution < 1.29 is 9.53 Å². The molecule has 2 heterocycles. The fourth-order valence-corrected chi connectivity index (χ4v) is 3.22. The number of carbonyl (C=O) groups excluding carboxylic acids is 1. The van der Waals surface area contributed by atoms with Crippen LogP contribution in [0.2, 0.25) is 0 Å². The molecule has 4 heteroatoms. The van der Waals surface area contributed by atoms with Crippen molar-refractivity contribution in [3.05, 3.63) is 23.8 Å². The van der Waals surface area contributed by atoms with Gasteiger partial charge in [0.15, 0.2) is 0 Å². The molecule has 2 aliphatic rings. The summed E-state index contributed by atoms with van der Waals surface area (Å²) in [6.45, 7) is 4.77. The maximum atomic E-state index is 12.7. The molecule has 0 radical (unpaired) electrons. The Morgan fingerprint density at radius 3 is 2.89 bits per heavy atom. The van der Waals surface area contributed by atoms with E-state index in [9.17, 15) is 4.79 Å². The van der Waals surface area contributed by atoms with Crippen molar-refractivity contribution in [1.29, 1.82) is 0 Å². The lowest BCUT2D eigenvalue weighted by Crippen LogP contribution is -2.42. The zero-order chi connectivity index (χ0) is 13.6. The van der Waals surface area contributed by atoms with E-state index in [4.69, 9.17) is 10.5 Å². The summed E-state index contributed by atoms with van der Waals surface area (Å²) >= 11 is 0. The van der Waals surface area contributed by atoms with Crippen LogP contribution in [0.3, 0.4) is 0 Å². The van der Waals surface area contributed by atoms with Crippen molar-refractivity contribution in [2.45, 2.75) is 38.8 Å². The predicted molar refractivity (Wildman–Crippen MR) is 75.0 cm³/mol. The lowest BCUT2D eigenvalue weighted by molar-refractivity contribution is -0.124. The molecule has 0 aromatic heterocycles. The maximum absolute atomic E-state index is 12.7. The van der Waals surface area contributed by atoms with E-state index >= 15 is 0 Å². The Morgan fingerprint density at radius 1 is 1.42 bits per heavy atom. The summed E-state index contributed by atoms with van der Waals surface area (Å²) in [6, 6.07) is 6.02. The zero-order valence-electron chi connectivity index (χ0n) is 11.4. The van der Waals surface area contributed by atoms with Crippen LogP contribution in [0.25, 0.3) is 0 Å². The summed E-state index contributed by atoms with van der Waals surface area (Å²) in [6.07, 6.45) is 1.74. The highest BCUT2D eigenvalue weighted by atomic mass is 16.5. The summed E-state index contributed by atoms with van der Waals surface area (Å²) in [5.74, 6) is 0.187. The molecule has 0 saturated carbocycles. The molecule has 3 atom stereocenters. The third kappa shape index (κ3) is 2.00. The summed E-state index contributed by atoms with van der Waals surface area (Å²) < 4.78 is 5.52. The van der Waals surface area contributed by atoms with E-state index in [0.717, 1.165) is 24.2 Å². The second-order valence-corrected chi connectivity index (χ2v) is 5.62. The van der Waals surface area contributed by atoms with Gasteiger partial charge in [-0.3, -0.25) is 4.79 Å². The minimum Gasteiger partial charge on any atom is -0.399 e. The fraction of sp³-hybridized carbons (Fsp3) is 0.533. The van der Waals surface area contributed by atoms with Gasteiger partial charge in [-0.15, -0.1) is 0 Å². The van der Waals surface area contributed by atoms with E-state index in [1.807, 2.05) is 30.0 Å². The first-order valence-electron chi connectivity index (χ1n) is 6.91. The number of ether oxygens (including phenoxy) is 1. The van der Waals surface area contributed by atoms with Crippen molar-refractivity contribution >= 4 is 17.3 Å². The summed E-state index contributed by atoms with van der Waals surface area (Å²) in [4.78, 5) is 14.7. The molecule has 1 amide bonds. The summed E-state index contributed by atoms with van der Waals surface area (Å²) in [5, 5.41) is 0. The van der Waals surface area contributed by atoms with E-state index in [-0.39, 0.29) is 24.0 Å². The third-order valence-corrected chi connectivity index (χ3v) is 4.25. The van der Waals surface area contributed by atoms with Crippen LogP contribution in [0, 0.1) is 5.92 Å². The van der Waals surface area contributed by atoms with Gasteiger partial charge in [-0.2, -0.15) is 0 Å². The maximum Gasteiger partial charge on any atom is 0.233 e. The average Bonchev–Trinajstić information content (AvgIpc) is 2.90. The van der Waals surface area contributed by atoms with Gasteiger partial charge >= 0.3 is 0 Å². The van der Waals surface area contributed by atoms with Crippen LogP contribution in [-0.2, 0) is 16.0 Å². The van der Waals surface area contributed by atoms with Crippen LogP contribution in [-0.4, -0.2) is 24.7 Å². The van der Waals surface area contributed by atoms with Crippen molar-refractivity contribution in [2.24, 2.45) is 5.92 Å². The van der Waals surface area contributed by atoms with Crippen LogP contribution >= 0.6 is 0 Å². The first-order valence-corrected chi connectivity index (χ1v) is 6.91. The fourth-order valence-electron chi connectivity index (χ4n) is 3.22. The molecule has 1 aromatic carbocycles. The zero-order valence-corrected chi connectivity index (χ0v) is 11.4. The second kappa shape index (κ2) is 4.53. The van der Waals surface area contributed by atoms with Gasteiger partial charge in [0.1, 0.15) is 0 Å². The third-order valence-electron chi connectivity index (χ3n) is 4.25. The SMILES string of the molecule is CC1OCCC1C(=O)N1c2ccc(N)cc2CC1C. The van der Waals surface area contributed by atoms with Gasteiger partial charge in [-0.05, 0) is 50.5 Å². The molecule has 102 valence electrons. The Balaban J connectivity index is 1.91. The van der Waals surface area contributed by atoms with Gasteiger partial charge in [0.05, 0.1) is 12.0 Å².